The molecular formula is C19H18F2N2O3S. The minimum Gasteiger partial charge on any atom is -0.435 e. The maximum Gasteiger partial charge on any atom is 0.387 e. The minimum atomic E-state index is -2.88. The summed E-state index contributed by atoms with van der Waals surface area (Å²) in [4.78, 5) is 25.5. The number of amides is 2. The van der Waals surface area contributed by atoms with Gasteiger partial charge in [0.05, 0.1) is 17.0 Å². The van der Waals surface area contributed by atoms with Crippen LogP contribution in [0.25, 0.3) is 0 Å². The van der Waals surface area contributed by atoms with Crippen LogP contribution < -0.4 is 15.4 Å². The molecule has 27 heavy (non-hydrogen) atoms. The summed E-state index contributed by atoms with van der Waals surface area (Å²) in [7, 11) is 0. The van der Waals surface area contributed by atoms with Crippen molar-refractivity contribution < 1.29 is 23.1 Å². The highest BCUT2D eigenvalue weighted by Crippen LogP contribution is 2.36. The molecule has 1 aliphatic heterocycles. The SMILES string of the molecule is CC(NC(=O)CC1Sc2ccccc2NC1=O)c1ccc(OC(F)F)cc1. The first-order chi connectivity index (χ1) is 12.9. The smallest absolute Gasteiger partial charge is 0.387 e. The van der Waals surface area contributed by atoms with Gasteiger partial charge in [0.2, 0.25) is 11.8 Å². The molecule has 0 spiro atoms. The second kappa shape index (κ2) is 8.39. The lowest BCUT2D eigenvalue weighted by Gasteiger charge is -2.24. The van der Waals surface area contributed by atoms with Crippen molar-refractivity contribution in [2.45, 2.75) is 36.1 Å². The third-order valence-electron chi connectivity index (χ3n) is 4.06. The molecule has 5 nitrogen and oxygen atoms in total. The fourth-order valence-electron chi connectivity index (χ4n) is 2.72. The summed E-state index contributed by atoms with van der Waals surface area (Å²) < 4.78 is 28.7. The maximum absolute atomic E-state index is 12.3. The van der Waals surface area contributed by atoms with Crippen molar-refractivity contribution in [2.24, 2.45) is 0 Å². The van der Waals surface area contributed by atoms with Crippen molar-refractivity contribution in [3.63, 3.8) is 0 Å². The molecule has 0 radical (unpaired) electrons. The normalized spacial score (nSPS) is 17.0. The van der Waals surface area contributed by atoms with E-state index in [4.69, 9.17) is 0 Å². The van der Waals surface area contributed by atoms with Crippen LogP contribution in [0.4, 0.5) is 14.5 Å². The van der Waals surface area contributed by atoms with Crippen molar-refractivity contribution in [3.8, 4) is 5.75 Å². The number of ether oxygens (including phenoxy) is 1. The van der Waals surface area contributed by atoms with Gasteiger partial charge in [-0.1, -0.05) is 24.3 Å². The van der Waals surface area contributed by atoms with Crippen LogP contribution in [0.2, 0.25) is 0 Å². The Morgan fingerprint density at radius 1 is 1.22 bits per heavy atom. The topological polar surface area (TPSA) is 67.4 Å². The van der Waals surface area contributed by atoms with Crippen LogP contribution in [0.15, 0.2) is 53.4 Å². The van der Waals surface area contributed by atoms with Crippen LogP contribution >= 0.6 is 11.8 Å². The number of para-hydroxylation sites is 1. The number of anilines is 1. The monoisotopic (exact) mass is 392 g/mol. The molecule has 0 fully saturated rings. The summed E-state index contributed by atoms with van der Waals surface area (Å²) in [6, 6.07) is 13.2. The number of benzene rings is 2. The lowest BCUT2D eigenvalue weighted by Crippen LogP contribution is -2.35. The predicted octanol–water partition coefficient (Wildman–Crippen LogP) is 3.97. The zero-order valence-electron chi connectivity index (χ0n) is 14.4. The summed E-state index contributed by atoms with van der Waals surface area (Å²) >= 11 is 1.36. The van der Waals surface area contributed by atoms with Crippen LogP contribution in [0.5, 0.6) is 5.75 Å². The van der Waals surface area contributed by atoms with Crippen LogP contribution in [0.3, 0.4) is 0 Å². The van der Waals surface area contributed by atoms with Gasteiger partial charge in [0.15, 0.2) is 0 Å². The van der Waals surface area contributed by atoms with E-state index in [1.165, 1.54) is 23.9 Å². The van der Waals surface area contributed by atoms with Gasteiger partial charge in [-0.3, -0.25) is 9.59 Å². The van der Waals surface area contributed by atoms with Crippen molar-refractivity contribution in [2.75, 3.05) is 5.32 Å². The Hall–Kier alpha value is -2.61. The first kappa shape index (κ1) is 19.2. The quantitative estimate of drug-likeness (QED) is 0.781. The molecule has 0 aromatic heterocycles. The number of carbonyl (C=O) groups excluding carboxylic acids is 2. The van der Waals surface area contributed by atoms with Gasteiger partial charge >= 0.3 is 6.61 Å². The summed E-state index contributed by atoms with van der Waals surface area (Å²) in [5.74, 6) is -0.404. The number of nitrogens with one attached hydrogen (secondary N) is 2. The Balaban J connectivity index is 1.56. The molecule has 0 saturated heterocycles. The molecule has 8 heteroatoms. The number of hydrogen-bond acceptors (Lipinski definition) is 4. The Kier molecular flexibility index (Phi) is 5.95. The Morgan fingerprint density at radius 3 is 2.63 bits per heavy atom. The van der Waals surface area contributed by atoms with E-state index in [2.05, 4.69) is 15.4 Å². The van der Waals surface area contributed by atoms with Gasteiger partial charge in [0, 0.05) is 11.3 Å². The average Bonchev–Trinajstić information content (AvgIpc) is 2.62. The molecule has 0 aliphatic carbocycles. The minimum absolute atomic E-state index is 0.0434. The molecule has 3 rings (SSSR count). The molecule has 142 valence electrons. The van der Waals surface area contributed by atoms with Gasteiger partial charge in [-0.2, -0.15) is 8.78 Å². The average molecular weight is 392 g/mol. The fourth-order valence-corrected chi connectivity index (χ4v) is 3.83. The molecule has 2 atom stereocenters. The lowest BCUT2D eigenvalue weighted by molar-refractivity contribution is -0.124. The van der Waals surface area contributed by atoms with E-state index in [0.717, 1.165) is 16.1 Å². The number of alkyl halides is 2. The second-order valence-corrected chi connectivity index (χ2v) is 7.28. The fraction of sp³-hybridized carbons (Fsp3) is 0.263. The summed E-state index contributed by atoms with van der Waals surface area (Å²) in [5, 5.41) is 5.13. The van der Waals surface area contributed by atoms with Gasteiger partial charge in [0.1, 0.15) is 5.75 Å². The largest absolute Gasteiger partial charge is 0.435 e. The van der Waals surface area contributed by atoms with Crippen LogP contribution in [0, 0.1) is 0 Å². The van der Waals surface area contributed by atoms with E-state index in [-0.39, 0.29) is 30.0 Å². The van der Waals surface area contributed by atoms with E-state index < -0.39 is 11.9 Å². The standard InChI is InChI=1S/C19H18F2N2O3S/c1-11(12-6-8-13(9-7-12)26-19(20)21)22-17(24)10-16-18(25)23-14-4-2-3-5-15(14)27-16/h2-9,11,16,19H,10H2,1H3,(H,22,24)(H,23,25). The zero-order chi connectivity index (χ0) is 19.4. The number of rotatable bonds is 6. The summed E-state index contributed by atoms with van der Waals surface area (Å²) in [5.41, 5.74) is 1.50. The van der Waals surface area contributed by atoms with Crippen molar-refractivity contribution in [1.82, 2.24) is 5.32 Å². The van der Waals surface area contributed by atoms with Crippen LogP contribution in [-0.4, -0.2) is 23.7 Å². The zero-order valence-corrected chi connectivity index (χ0v) is 15.3. The van der Waals surface area contributed by atoms with Crippen LogP contribution in [0.1, 0.15) is 24.9 Å². The number of carbonyl (C=O) groups is 2. The summed E-state index contributed by atoms with van der Waals surface area (Å²) in [6.07, 6.45) is 0.0434. The van der Waals surface area contributed by atoms with E-state index in [0.29, 0.717) is 0 Å². The van der Waals surface area contributed by atoms with Gasteiger partial charge in [0.25, 0.3) is 0 Å². The van der Waals surface area contributed by atoms with E-state index >= 15 is 0 Å². The second-order valence-electron chi connectivity index (χ2n) is 6.03. The van der Waals surface area contributed by atoms with Gasteiger partial charge in [-0.15, -0.1) is 11.8 Å². The van der Waals surface area contributed by atoms with Crippen LogP contribution in [-0.2, 0) is 9.59 Å². The molecule has 2 amide bonds. The van der Waals surface area contributed by atoms with Gasteiger partial charge < -0.3 is 15.4 Å². The van der Waals surface area contributed by atoms with E-state index in [1.807, 2.05) is 24.3 Å². The Bertz CT molecular complexity index is 830. The van der Waals surface area contributed by atoms with Crippen molar-refractivity contribution >= 4 is 29.3 Å². The number of hydrogen-bond donors (Lipinski definition) is 2. The van der Waals surface area contributed by atoms with Gasteiger partial charge in [-0.25, -0.2) is 0 Å². The predicted molar refractivity (Wildman–Crippen MR) is 99.0 cm³/mol. The number of halogens is 2. The highest BCUT2D eigenvalue weighted by atomic mass is 32.2. The molecule has 2 aromatic carbocycles. The van der Waals surface area contributed by atoms with E-state index in [9.17, 15) is 18.4 Å². The molecule has 0 saturated carbocycles. The van der Waals surface area contributed by atoms with Crippen molar-refractivity contribution in [3.05, 3.63) is 54.1 Å². The molecule has 2 unspecified atom stereocenters. The maximum atomic E-state index is 12.3. The molecule has 1 heterocycles. The van der Waals surface area contributed by atoms with Crippen molar-refractivity contribution in [1.29, 1.82) is 0 Å². The number of thioether (sulfide) groups is 1. The molecule has 0 bridgehead atoms. The third-order valence-corrected chi connectivity index (χ3v) is 5.34. The summed E-state index contributed by atoms with van der Waals surface area (Å²) in [6.45, 7) is -1.10. The molecule has 2 N–H and O–H groups in total. The highest BCUT2D eigenvalue weighted by Gasteiger charge is 2.29. The Morgan fingerprint density at radius 2 is 1.93 bits per heavy atom. The number of fused-ring (bicyclic) bond motifs is 1. The third kappa shape index (κ3) is 4.97. The van der Waals surface area contributed by atoms with E-state index in [1.54, 1.807) is 19.1 Å². The molecule has 2 aromatic rings. The first-order valence-electron chi connectivity index (χ1n) is 8.33. The molecular weight excluding hydrogens is 374 g/mol. The lowest BCUT2D eigenvalue weighted by atomic mass is 10.1. The highest BCUT2D eigenvalue weighted by molar-refractivity contribution is 8.01. The molecule has 1 aliphatic rings. The Labute approximate surface area is 159 Å². The first-order valence-corrected chi connectivity index (χ1v) is 9.21. The van der Waals surface area contributed by atoms with Gasteiger partial charge in [-0.05, 0) is 36.8 Å².